The third-order valence-electron chi connectivity index (χ3n) is 2.85. The molecule has 1 fully saturated rings. The van der Waals surface area contributed by atoms with Gasteiger partial charge in [0.25, 0.3) is 0 Å². The maximum absolute atomic E-state index is 5.55. The average molecular weight is 236 g/mol. The van der Waals surface area contributed by atoms with Gasteiger partial charge in [0.2, 0.25) is 0 Å². The molecule has 2 rings (SSSR count). The third-order valence-corrected chi connectivity index (χ3v) is 2.85. The molecule has 0 radical (unpaired) electrons. The smallest absolute Gasteiger partial charge is 0.123 e. The molecule has 0 unspecified atom stereocenters. The molecule has 96 valence electrons. The summed E-state index contributed by atoms with van der Waals surface area (Å²) in [4.78, 5) is 8.91. The van der Waals surface area contributed by atoms with Crippen LogP contribution in [-0.2, 0) is 6.54 Å². The molecule has 0 spiro atoms. The summed E-state index contributed by atoms with van der Waals surface area (Å²) < 4.78 is 0. The highest BCUT2D eigenvalue weighted by Crippen LogP contribution is 2.07. The number of nitrogens with two attached hydrogens (primary N) is 1. The first-order chi connectivity index (χ1) is 8.24. The van der Waals surface area contributed by atoms with Gasteiger partial charge < -0.3 is 10.6 Å². The molecule has 1 aromatic rings. The number of piperazine rings is 1. The SMILES string of the molecule is CC.CN1CCN(Cc2ccc(N)nc2)CC1. The summed E-state index contributed by atoms with van der Waals surface area (Å²) in [5.41, 5.74) is 6.79. The molecular formula is C13H24N4. The molecule has 0 amide bonds. The summed E-state index contributed by atoms with van der Waals surface area (Å²) in [6.45, 7) is 9.58. The second-order valence-corrected chi connectivity index (χ2v) is 4.17. The average Bonchev–Trinajstić information content (AvgIpc) is 2.37. The van der Waals surface area contributed by atoms with Crippen molar-refractivity contribution in [1.82, 2.24) is 14.8 Å². The first-order valence-electron chi connectivity index (χ1n) is 6.35. The van der Waals surface area contributed by atoms with E-state index in [0.29, 0.717) is 5.82 Å². The summed E-state index contributed by atoms with van der Waals surface area (Å²) in [7, 11) is 2.17. The van der Waals surface area contributed by atoms with Crippen molar-refractivity contribution in [3.8, 4) is 0 Å². The van der Waals surface area contributed by atoms with E-state index in [2.05, 4.69) is 27.9 Å². The van der Waals surface area contributed by atoms with E-state index < -0.39 is 0 Å². The highest BCUT2D eigenvalue weighted by atomic mass is 15.2. The van der Waals surface area contributed by atoms with Crippen molar-refractivity contribution < 1.29 is 0 Å². The number of nitrogen functional groups attached to an aromatic ring is 1. The van der Waals surface area contributed by atoms with Gasteiger partial charge in [0, 0.05) is 38.9 Å². The summed E-state index contributed by atoms with van der Waals surface area (Å²) in [5, 5.41) is 0. The lowest BCUT2D eigenvalue weighted by molar-refractivity contribution is 0.148. The Kier molecular flexibility index (Phi) is 5.94. The second kappa shape index (κ2) is 7.25. The van der Waals surface area contributed by atoms with Crippen LogP contribution >= 0.6 is 0 Å². The minimum atomic E-state index is 0.595. The zero-order chi connectivity index (χ0) is 12.7. The van der Waals surface area contributed by atoms with Crippen LogP contribution in [0.25, 0.3) is 0 Å². The van der Waals surface area contributed by atoms with E-state index in [1.807, 2.05) is 26.1 Å². The molecule has 4 nitrogen and oxygen atoms in total. The Morgan fingerprint density at radius 3 is 2.35 bits per heavy atom. The first-order valence-corrected chi connectivity index (χ1v) is 6.35. The predicted molar refractivity (Wildman–Crippen MR) is 72.8 cm³/mol. The van der Waals surface area contributed by atoms with E-state index in [-0.39, 0.29) is 0 Å². The number of hydrogen-bond donors (Lipinski definition) is 1. The second-order valence-electron chi connectivity index (χ2n) is 4.17. The van der Waals surface area contributed by atoms with Gasteiger partial charge in [-0.1, -0.05) is 19.9 Å². The number of rotatable bonds is 2. The molecule has 2 N–H and O–H groups in total. The molecule has 1 aromatic heterocycles. The van der Waals surface area contributed by atoms with Gasteiger partial charge in [-0.2, -0.15) is 0 Å². The van der Waals surface area contributed by atoms with E-state index in [0.717, 1.165) is 32.7 Å². The fourth-order valence-corrected chi connectivity index (χ4v) is 1.79. The van der Waals surface area contributed by atoms with Crippen LogP contribution in [0.3, 0.4) is 0 Å². The van der Waals surface area contributed by atoms with E-state index in [4.69, 9.17) is 5.73 Å². The van der Waals surface area contributed by atoms with E-state index >= 15 is 0 Å². The van der Waals surface area contributed by atoms with Gasteiger partial charge in [0.05, 0.1) is 0 Å². The zero-order valence-corrected chi connectivity index (χ0v) is 11.2. The third kappa shape index (κ3) is 4.71. The highest BCUT2D eigenvalue weighted by Gasteiger charge is 2.13. The number of nitrogens with zero attached hydrogens (tertiary/aromatic N) is 3. The largest absolute Gasteiger partial charge is 0.384 e. The molecular weight excluding hydrogens is 212 g/mol. The summed E-state index contributed by atoms with van der Waals surface area (Å²) in [6.07, 6.45) is 1.87. The van der Waals surface area contributed by atoms with Crippen molar-refractivity contribution in [1.29, 1.82) is 0 Å². The van der Waals surface area contributed by atoms with Crippen molar-refractivity contribution in [2.45, 2.75) is 20.4 Å². The molecule has 1 aliphatic heterocycles. The summed E-state index contributed by atoms with van der Waals surface area (Å²) in [5.74, 6) is 0.595. The Labute approximate surface area is 104 Å². The molecule has 0 aromatic carbocycles. The molecule has 0 saturated carbocycles. The van der Waals surface area contributed by atoms with Gasteiger partial charge in [-0.25, -0.2) is 4.98 Å². The van der Waals surface area contributed by atoms with Gasteiger partial charge in [0.1, 0.15) is 5.82 Å². The lowest BCUT2D eigenvalue weighted by Gasteiger charge is -2.32. The summed E-state index contributed by atoms with van der Waals surface area (Å²) in [6, 6.07) is 3.92. The van der Waals surface area contributed by atoms with E-state index in [1.165, 1.54) is 5.56 Å². The molecule has 0 aliphatic carbocycles. The minimum absolute atomic E-state index is 0.595. The minimum Gasteiger partial charge on any atom is -0.384 e. The summed E-state index contributed by atoms with van der Waals surface area (Å²) >= 11 is 0. The normalized spacial score (nSPS) is 17.4. The lowest BCUT2D eigenvalue weighted by atomic mass is 10.2. The van der Waals surface area contributed by atoms with Crippen LogP contribution in [-0.4, -0.2) is 48.0 Å². The predicted octanol–water partition coefficient (Wildman–Crippen LogP) is 1.44. The van der Waals surface area contributed by atoms with Gasteiger partial charge in [0.15, 0.2) is 0 Å². The standard InChI is InChI=1S/C11H18N4.C2H6/c1-14-4-6-15(7-5-14)9-10-2-3-11(12)13-8-10;1-2/h2-3,8H,4-7,9H2,1H3,(H2,12,13);1-2H3. The fraction of sp³-hybridized carbons (Fsp3) is 0.615. The van der Waals surface area contributed by atoms with Crippen molar-refractivity contribution in [3.63, 3.8) is 0 Å². The Bertz CT molecular complexity index is 302. The Balaban J connectivity index is 0.000000686. The highest BCUT2D eigenvalue weighted by molar-refractivity contribution is 5.29. The lowest BCUT2D eigenvalue weighted by Crippen LogP contribution is -2.43. The van der Waals surface area contributed by atoms with Crippen LogP contribution in [0.1, 0.15) is 19.4 Å². The van der Waals surface area contributed by atoms with Gasteiger partial charge in [-0.15, -0.1) is 0 Å². The van der Waals surface area contributed by atoms with Crippen LogP contribution in [0, 0.1) is 0 Å². The molecule has 0 bridgehead atoms. The maximum Gasteiger partial charge on any atom is 0.123 e. The zero-order valence-electron chi connectivity index (χ0n) is 11.2. The van der Waals surface area contributed by atoms with Crippen LogP contribution in [0.4, 0.5) is 5.82 Å². The molecule has 1 aliphatic rings. The fourth-order valence-electron chi connectivity index (χ4n) is 1.79. The molecule has 1 saturated heterocycles. The van der Waals surface area contributed by atoms with Gasteiger partial charge in [-0.05, 0) is 18.7 Å². The van der Waals surface area contributed by atoms with Crippen molar-refractivity contribution in [2.24, 2.45) is 0 Å². The Morgan fingerprint density at radius 2 is 1.82 bits per heavy atom. The number of hydrogen-bond acceptors (Lipinski definition) is 4. The Morgan fingerprint density at radius 1 is 1.18 bits per heavy atom. The number of pyridine rings is 1. The van der Waals surface area contributed by atoms with Crippen molar-refractivity contribution in [2.75, 3.05) is 39.0 Å². The van der Waals surface area contributed by atoms with Crippen LogP contribution in [0.5, 0.6) is 0 Å². The van der Waals surface area contributed by atoms with Gasteiger partial charge >= 0.3 is 0 Å². The van der Waals surface area contributed by atoms with E-state index in [1.54, 1.807) is 0 Å². The van der Waals surface area contributed by atoms with Crippen molar-refractivity contribution in [3.05, 3.63) is 23.9 Å². The number of aromatic nitrogens is 1. The van der Waals surface area contributed by atoms with Gasteiger partial charge in [-0.3, -0.25) is 4.90 Å². The maximum atomic E-state index is 5.55. The van der Waals surface area contributed by atoms with Crippen LogP contribution < -0.4 is 5.73 Å². The molecule has 4 heteroatoms. The first kappa shape index (κ1) is 13.9. The quantitative estimate of drug-likeness (QED) is 0.844. The van der Waals surface area contributed by atoms with Crippen LogP contribution in [0.15, 0.2) is 18.3 Å². The van der Waals surface area contributed by atoms with Crippen LogP contribution in [0.2, 0.25) is 0 Å². The van der Waals surface area contributed by atoms with Crippen molar-refractivity contribution >= 4 is 5.82 Å². The number of anilines is 1. The molecule has 17 heavy (non-hydrogen) atoms. The monoisotopic (exact) mass is 236 g/mol. The Hall–Kier alpha value is -1.13. The topological polar surface area (TPSA) is 45.4 Å². The van der Waals surface area contributed by atoms with E-state index in [9.17, 15) is 0 Å². The molecule has 0 atom stereocenters. The molecule has 2 heterocycles. The number of likely N-dealkylation sites (N-methyl/N-ethyl adjacent to an activating group) is 1.